The van der Waals surface area contributed by atoms with E-state index in [2.05, 4.69) is 5.32 Å². The van der Waals surface area contributed by atoms with Gasteiger partial charge in [0.25, 0.3) is 5.91 Å². The quantitative estimate of drug-likeness (QED) is 0.624. The van der Waals surface area contributed by atoms with Gasteiger partial charge in [-0.2, -0.15) is 0 Å². The molecule has 3 rings (SSSR count). The highest BCUT2D eigenvalue weighted by molar-refractivity contribution is 6.30. The monoisotopic (exact) mass is 379 g/mol. The molecule has 136 valence electrons. The van der Waals surface area contributed by atoms with Crippen molar-refractivity contribution >= 4 is 23.3 Å². The van der Waals surface area contributed by atoms with Crippen LogP contribution >= 0.6 is 11.6 Å². The molecule has 0 radical (unpaired) electrons. The van der Waals surface area contributed by atoms with Gasteiger partial charge in [-0.15, -0.1) is 0 Å². The van der Waals surface area contributed by atoms with Crippen LogP contribution in [0, 0.1) is 0 Å². The van der Waals surface area contributed by atoms with Gasteiger partial charge < -0.3 is 10.1 Å². The zero-order valence-corrected chi connectivity index (χ0v) is 15.3. The third-order valence-electron chi connectivity index (χ3n) is 3.93. The van der Waals surface area contributed by atoms with E-state index in [1.807, 2.05) is 30.3 Å². The summed E-state index contributed by atoms with van der Waals surface area (Å²) in [5.74, 6) is 0.219. The standard InChI is InChI=1S/C22H18ClNO3/c23-19-10-6-17(7-11-19)22(26)18-8-12-20(13-9-18)27-15-21(25)24-14-16-4-2-1-3-5-16/h1-13H,14-15H2,(H,24,25). The van der Waals surface area contributed by atoms with E-state index < -0.39 is 0 Å². The SMILES string of the molecule is O=C(COc1ccc(C(=O)c2ccc(Cl)cc2)cc1)NCc1ccccc1. The summed E-state index contributed by atoms with van der Waals surface area (Å²) in [6.45, 7) is 0.370. The van der Waals surface area contributed by atoms with Crippen LogP contribution in [0.5, 0.6) is 5.75 Å². The summed E-state index contributed by atoms with van der Waals surface area (Å²) in [5, 5.41) is 3.38. The van der Waals surface area contributed by atoms with E-state index in [0.29, 0.717) is 28.4 Å². The number of carbonyl (C=O) groups excluding carboxylic acids is 2. The molecule has 0 saturated heterocycles. The van der Waals surface area contributed by atoms with Crippen LogP contribution in [0.4, 0.5) is 0 Å². The van der Waals surface area contributed by atoms with E-state index >= 15 is 0 Å². The predicted molar refractivity (Wildman–Crippen MR) is 105 cm³/mol. The second-order valence-electron chi connectivity index (χ2n) is 5.91. The van der Waals surface area contributed by atoms with Gasteiger partial charge in [0, 0.05) is 22.7 Å². The molecule has 0 unspecified atom stereocenters. The van der Waals surface area contributed by atoms with Gasteiger partial charge in [-0.3, -0.25) is 9.59 Å². The molecule has 3 aromatic carbocycles. The Morgan fingerprint density at radius 3 is 2.04 bits per heavy atom. The van der Waals surface area contributed by atoms with E-state index in [0.717, 1.165) is 5.56 Å². The van der Waals surface area contributed by atoms with Crippen molar-refractivity contribution in [1.29, 1.82) is 0 Å². The zero-order valence-electron chi connectivity index (χ0n) is 14.5. The Bertz CT molecular complexity index is 907. The van der Waals surface area contributed by atoms with Crippen LogP contribution < -0.4 is 10.1 Å². The Morgan fingerprint density at radius 2 is 1.41 bits per heavy atom. The van der Waals surface area contributed by atoms with Gasteiger partial charge in [0.05, 0.1) is 0 Å². The summed E-state index contributed by atoms with van der Waals surface area (Å²) in [6.07, 6.45) is 0. The lowest BCUT2D eigenvalue weighted by Gasteiger charge is -2.08. The fourth-order valence-electron chi connectivity index (χ4n) is 2.47. The third-order valence-corrected chi connectivity index (χ3v) is 4.18. The minimum atomic E-state index is -0.208. The van der Waals surface area contributed by atoms with Gasteiger partial charge in [-0.1, -0.05) is 41.9 Å². The minimum absolute atomic E-state index is 0.0860. The van der Waals surface area contributed by atoms with Gasteiger partial charge in [-0.25, -0.2) is 0 Å². The van der Waals surface area contributed by atoms with Crippen LogP contribution in [0.1, 0.15) is 21.5 Å². The molecule has 0 aliphatic heterocycles. The van der Waals surface area contributed by atoms with Crippen molar-refractivity contribution in [2.45, 2.75) is 6.54 Å². The van der Waals surface area contributed by atoms with Gasteiger partial charge >= 0.3 is 0 Å². The fraction of sp³-hybridized carbons (Fsp3) is 0.0909. The maximum absolute atomic E-state index is 12.4. The summed E-state index contributed by atoms with van der Waals surface area (Å²) < 4.78 is 5.47. The van der Waals surface area contributed by atoms with Gasteiger partial charge in [-0.05, 0) is 54.1 Å². The normalized spacial score (nSPS) is 10.3. The minimum Gasteiger partial charge on any atom is -0.484 e. The molecule has 0 atom stereocenters. The first kappa shape index (κ1) is 18.7. The maximum atomic E-state index is 12.4. The molecular weight excluding hydrogens is 362 g/mol. The number of carbonyl (C=O) groups is 2. The van der Waals surface area contributed by atoms with Crippen molar-refractivity contribution in [3.63, 3.8) is 0 Å². The molecule has 0 aromatic heterocycles. The lowest BCUT2D eigenvalue weighted by molar-refractivity contribution is -0.123. The molecule has 0 saturated carbocycles. The number of halogens is 1. The molecule has 1 amide bonds. The largest absolute Gasteiger partial charge is 0.484 e. The highest BCUT2D eigenvalue weighted by Crippen LogP contribution is 2.17. The molecular formula is C22H18ClNO3. The van der Waals surface area contributed by atoms with Gasteiger partial charge in [0.2, 0.25) is 0 Å². The van der Waals surface area contributed by atoms with Crippen LogP contribution in [0.3, 0.4) is 0 Å². The first-order chi connectivity index (χ1) is 13.1. The Hall–Kier alpha value is -3.11. The van der Waals surface area contributed by atoms with Crippen LogP contribution in [0.25, 0.3) is 0 Å². The van der Waals surface area contributed by atoms with Crippen LogP contribution in [0.2, 0.25) is 5.02 Å². The van der Waals surface area contributed by atoms with Crippen LogP contribution in [-0.4, -0.2) is 18.3 Å². The first-order valence-corrected chi connectivity index (χ1v) is 8.83. The average molecular weight is 380 g/mol. The Labute approximate surface area is 162 Å². The summed E-state index contributed by atoms with van der Waals surface area (Å²) in [7, 11) is 0. The van der Waals surface area contributed by atoms with E-state index in [-0.39, 0.29) is 18.3 Å². The Morgan fingerprint density at radius 1 is 0.815 bits per heavy atom. The van der Waals surface area contributed by atoms with Crippen LogP contribution in [-0.2, 0) is 11.3 Å². The number of nitrogens with one attached hydrogen (secondary N) is 1. The third kappa shape index (κ3) is 5.43. The lowest BCUT2D eigenvalue weighted by Crippen LogP contribution is -2.28. The molecule has 4 nitrogen and oxygen atoms in total. The number of hydrogen-bond acceptors (Lipinski definition) is 3. The molecule has 27 heavy (non-hydrogen) atoms. The molecule has 3 aromatic rings. The zero-order chi connectivity index (χ0) is 19.1. The smallest absolute Gasteiger partial charge is 0.258 e. The van der Waals surface area contributed by atoms with E-state index in [4.69, 9.17) is 16.3 Å². The molecule has 0 aliphatic carbocycles. The molecule has 0 spiro atoms. The molecule has 0 fully saturated rings. The summed E-state index contributed by atoms with van der Waals surface area (Å²) in [5.41, 5.74) is 2.13. The Kier molecular flexibility index (Phi) is 6.23. The fourth-order valence-corrected chi connectivity index (χ4v) is 2.59. The lowest BCUT2D eigenvalue weighted by atomic mass is 10.0. The average Bonchev–Trinajstić information content (AvgIpc) is 2.72. The highest BCUT2D eigenvalue weighted by Gasteiger charge is 2.09. The van der Waals surface area contributed by atoms with Crippen molar-refractivity contribution < 1.29 is 14.3 Å². The summed E-state index contributed by atoms with van der Waals surface area (Å²) >= 11 is 5.84. The number of amides is 1. The molecule has 0 heterocycles. The second kappa shape index (κ2) is 9.01. The van der Waals surface area contributed by atoms with Gasteiger partial charge in [0.15, 0.2) is 12.4 Å². The summed E-state index contributed by atoms with van der Waals surface area (Å²) in [4.78, 5) is 24.3. The Balaban J connectivity index is 1.50. The van der Waals surface area contributed by atoms with Crippen molar-refractivity contribution in [3.8, 4) is 5.75 Å². The molecule has 5 heteroatoms. The van der Waals surface area contributed by atoms with E-state index in [9.17, 15) is 9.59 Å². The first-order valence-electron chi connectivity index (χ1n) is 8.45. The number of hydrogen-bond donors (Lipinski definition) is 1. The maximum Gasteiger partial charge on any atom is 0.258 e. The second-order valence-corrected chi connectivity index (χ2v) is 6.35. The van der Waals surface area contributed by atoms with Crippen molar-refractivity contribution in [3.05, 3.63) is 101 Å². The van der Waals surface area contributed by atoms with Crippen molar-refractivity contribution in [2.24, 2.45) is 0 Å². The number of ether oxygens (including phenoxy) is 1. The molecule has 1 N–H and O–H groups in total. The number of ketones is 1. The topological polar surface area (TPSA) is 55.4 Å². The van der Waals surface area contributed by atoms with Crippen molar-refractivity contribution in [2.75, 3.05) is 6.61 Å². The van der Waals surface area contributed by atoms with Crippen molar-refractivity contribution in [1.82, 2.24) is 5.32 Å². The van der Waals surface area contributed by atoms with E-state index in [1.165, 1.54) is 0 Å². The predicted octanol–water partition coefficient (Wildman–Crippen LogP) is 4.27. The highest BCUT2D eigenvalue weighted by atomic mass is 35.5. The van der Waals surface area contributed by atoms with Gasteiger partial charge in [0.1, 0.15) is 5.75 Å². The van der Waals surface area contributed by atoms with E-state index in [1.54, 1.807) is 48.5 Å². The van der Waals surface area contributed by atoms with Crippen LogP contribution in [0.15, 0.2) is 78.9 Å². The number of benzene rings is 3. The number of rotatable bonds is 7. The molecule has 0 aliphatic rings. The molecule has 0 bridgehead atoms. The summed E-state index contributed by atoms with van der Waals surface area (Å²) in [6, 6.07) is 23.1.